The fourth-order valence-corrected chi connectivity index (χ4v) is 2.59. The van der Waals surface area contributed by atoms with Gasteiger partial charge in [-0.1, -0.05) is 0 Å². The van der Waals surface area contributed by atoms with E-state index in [1.165, 1.54) is 9.80 Å². The molecule has 1 rings (SSSR count). The maximum absolute atomic E-state index is 12.0. The summed E-state index contributed by atoms with van der Waals surface area (Å²) < 4.78 is 5.27. The maximum Gasteiger partial charge on any atom is 0.410 e. The van der Waals surface area contributed by atoms with Gasteiger partial charge < -0.3 is 19.6 Å². The molecule has 8 nitrogen and oxygen atoms in total. The van der Waals surface area contributed by atoms with Crippen LogP contribution in [0.3, 0.4) is 0 Å². The minimum absolute atomic E-state index is 0.148. The first-order chi connectivity index (χ1) is 10.4. The largest absolute Gasteiger partial charge is 0.481 e. The van der Waals surface area contributed by atoms with Crippen LogP contribution in [-0.4, -0.2) is 77.2 Å². The topological polar surface area (TPSA) is 99.2 Å². The van der Waals surface area contributed by atoms with Crippen molar-refractivity contribution < 1.29 is 24.2 Å². The number of ether oxygens (including phenoxy) is 1. The van der Waals surface area contributed by atoms with Crippen LogP contribution >= 0.6 is 0 Å². The smallest absolute Gasteiger partial charge is 0.410 e. The average molecular weight is 329 g/mol. The van der Waals surface area contributed by atoms with E-state index in [1.807, 2.05) is 0 Å². The monoisotopic (exact) mass is 329 g/mol. The number of hydrogen-bond donors (Lipinski definition) is 2. The molecule has 0 aliphatic carbocycles. The second-order valence-corrected chi connectivity index (χ2v) is 7.29. The number of carbonyl (C=O) groups excluding carboxylic acids is 2. The molecule has 0 saturated carbocycles. The summed E-state index contributed by atoms with van der Waals surface area (Å²) in [5.41, 5.74) is -1.42. The maximum atomic E-state index is 12.0. The Hall–Kier alpha value is -1.83. The Labute approximate surface area is 136 Å². The predicted octanol–water partition coefficient (Wildman–Crippen LogP) is 0.517. The summed E-state index contributed by atoms with van der Waals surface area (Å²) in [6.45, 7) is 7.38. The van der Waals surface area contributed by atoms with Crippen molar-refractivity contribution in [2.45, 2.75) is 51.3 Å². The molecule has 1 aliphatic rings. The first-order valence-electron chi connectivity index (χ1n) is 7.54. The Morgan fingerprint density at radius 3 is 2.22 bits per heavy atom. The van der Waals surface area contributed by atoms with Crippen LogP contribution in [-0.2, 0) is 14.3 Å². The minimum atomic E-state index is -0.981. The van der Waals surface area contributed by atoms with Gasteiger partial charge in [0.2, 0.25) is 5.91 Å². The SMILES string of the molecule is CC(NC1(CC(=O)O)CN(C(=O)OC(C)(C)C)C1)C(=O)N(C)C. The van der Waals surface area contributed by atoms with E-state index < -0.39 is 29.2 Å². The Balaban J connectivity index is 2.72. The fraction of sp³-hybridized carbons (Fsp3) is 0.800. The molecule has 0 aromatic heterocycles. The molecule has 0 spiro atoms. The van der Waals surface area contributed by atoms with Crippen molar-refractivity contribution in [2.75, 3.05) is 27.2 Å². The zero-order chi connectivity index (χ0) is 18.0. The lowest BCUT2D eigenvalue weighted by Crippen LogP contribution is -2.73. The van der Waals surface area contributed by atoms with Crippen LogP contribution in [0.25, 0.3) is 0 Å². The molecule has 8 heteroatoms. The van der Waals surface area contributed by atoms with E-state index in [9.17, 15) is 14.4 Å². The van der Waals surface area contributed by atoms with Gasteiger partial charge in [-0.2, -0.15) is 0 Å². The van der Waals surface area contributed by atoms with Crippen molar-refractivity contribution in [3.8, 4) is 0 Å². The summed E-state index contributed by atoms with van der Waals surface area (Å²) in [5, 5.41) is 12.2. The second-order valence-electron chi connectivity index (χ2n) is 7.29. The van der Waals surface area contributed by atoms with Gasteiger partial charge in [0.1, 0.15) is 5.60 Å². The van der Waals surface area contributed by atoms with Gasteiger partial charge in [-0.25, -0.2) is 4.79 Å². The molecule has 1 atom stereocenters. The van der Waals surface area contributed by atoms with E-state index in [0.29, 0.717) is 0 Å². The molecule has 1 unspecified atom stereocenters. The molecule has 2 amide bonds. The van der Waals surface area contributed by atoms with Gasteiger partial charge >= 0.3 is 12.1 Å². The number of rotatable bonds is 5. The average Bonchev–Trinajstić information content (AvgIpc) is 2.30. The number of nitrogens with one attached hydrogen (secondary N) is 1. The standard InChI is InChI=1S/C15H27N3O5/c1-10(12(21)17(5)6)16-15(7-11(19)20)8-18(9-15)13(22)23-14(2,3)4/h10,16H,7-9H2,1-6H3,(H,19,20). The van der Waals surface area contributed by atoms with Crippen LogP contribution in [0.15, 0.2) is 0 Å². The Kier molecular flexibility index (Phi) is 5.63. The van der Waals surface area contributed by atoms with Crippen molar-refractivity contribution in [1.29, 1.82) is 0 Å². The molecule has 0 aromatic carbocycles. The number of carbonyl (C=O) groups is 3. The number of hydrogen-bond acceptors (Lipinski definition) is 5. The highest BCUT2D eigenvalue weighted by Crippen LogP contribution is 2.27. The highest BCUT2D eigenvalue weighted by Gasteiger charge is 2.49. The third kappa shape index (κ3) is 5.38. The molecule has 0 bridgehead atoms. The third-order valence-electron chi connectivity index (χ3n) is 3.46. The lowest BCUT2D eigenvalue weighted by atomic mass is 9.85. The number of aliphatic carboxylic acids is 1. The molecule has 132 valence electrons. The van der Waals surface area contributed by atoms with Crippen LogP contribution in [0.4, 0.5) is 4.79 Å². The summed E-state index contributed by atoms with van der Waals surface area (Å²) >= 11 is 0. The number of carboxylic acids is 1. The van der Waals surface area contributed by atoms with Gasteiger partial charge in [0.05, 0.1) is 18.0 Å². The van der Waals surface area contributed by atoms with Crippen LogP contribution in [0.1, 0.15) is 34.1 Å². The highest BCUT2D eigenvalue weighted by atomic mass is 16.6. The Morgan fingerprint density at radius 2 is 1.83 bits per heavy atom. The summed E-state index contributed by atoms with van der Waals surface area (Å²) in [7, 11) is 3.27. The van der Waals surface area contributed by atoms with Crippen LogP contribution in [0.2, 0.25) is 0 Å². The Morgan fingerprint density at radius 1 is 1.30 bits per heavy atom. The van der Waals surface area contributed by atoms with Crippen molar-refractivity contribution in [3.05, 3.63) is 0 Å². The van der Waals surface area contributed by atoms with Gasteiger partial charge in [-0.05, 0) is 27.7 Å². The number of amides is 2. The predicted molar refractivity (Wildman–Crippen MR) is 84.1 cm³/mol. The van der Waals surface area contributed by atoms with Gasteiger partial charge in [0, 0.05) is 27.2 Å². The lowest BCUT2D eigenvalue weighted by molar-refractivity contribution is -0.142. The molecule has 23 heavy (non-hydrogen) atoms. The van der Waals surface area contributed by atoms with E-state index in [0.717, 1.165) is 0 Å². The van der Waals surface area contributed by atoms with Crippen LogP contribution in [0, 0.1) is 0 Å². The Bertz CT molecular complexity index is 478. The van der Waals surface area contributed by atoms with Crippen molar-refractivity contribution >= 4 is 18.0 Å². The van der Waals surface area contributed by atoms with E-state index in [-0.39, 0.29) is 25.4 Å². The molecule has 1 aliphatic heterocycles. The highest BCUT2D eigenvalue weighted by molar-refractivity contribution is 5.81. The second kappa shape index (κ2) is 6.74. The van der Waals surface area contributed by atoms with E-state index >= 15 is 0 Å². The first-order valence-corrected chi connectivity index (χ1v) is 7.54. The number of likely N-dealkylation sites (tertiary alicyclic amines) is 1. The van der Waals surface area contributed by atoms with E-state index in [4.69, 9.17) is 9.84 Å². The lowest BCUT2D eigenvalue weighted by Gasteiger charge is -2.50. The summed E-state index contributed by atoms with van der Waals surface area (Å²) in [6.07, 6.45) is -0.649. The molecular weight excluding hydrogens is 302 g/mol. The molecule has 0 radical (unpaired) electrons. The zero-order valence-electron chi connectivity index (χ0n) is 14.7. The van der Waals surface area contributed by atoms with E-state index in [1.54, 1.807) is 41.8 Å². The van der Waals surface area contributed by atoms with Crippen LogP contribution in [0.5, 0.6) is 0 Å². The molecule has 0 aromatic rings. The number of nitrogens with zero attached hydrogens (tertiary/aromatic N) is 2. The van der Waals surface area contributed by atoms with Gasteiger partial charge in [-0.3, -0.25) is 14.9 Å². The molecule has 1 saturated heterocycles. The fourth-order valence-electron chi connectivity index (χ4n) is 2.59. The molecule has 2 N–H and O–H groups in total. The molecule has 1 fully saturated rings. The summed E-state index contributed by atoms with van der Waals surface area (Å²) in [4.78, 5) is 38.0. The molecule has 1 heterocycles. The zero-order valence-corrected chi connectivity index (χ0v) is 14.7. The molecular formula is C15H27N3O5. The van der Waals surface area contributed by atoms with Crippen molar-refractivity contribution in [2.24, 2.45) is 0 Å². The minimum Gasteiger partial charge on any atom is -0.481 e. The summed E-state index contributed by atoms with van der Waals surface area (Å²) in [5.74, 6) is -1.13. The van der Waals surface area contributed by atoms with E-state index in [2.05, 4.69) is 5.32 Å². The third-order valence-corrected chi connectivity index (χ3v) is 3.46. The van der Waals surface area contributed by atoms with Crippen molar-refractivity contribution in [1.82, 2.24) is 15.1 Å². The number of carboxylic acid groups (broad SMARTS) is 1. The first kappa shape index (κ1) is 19.2. The number of likely N-dealkylation sites (N-methyl/N-ethyl adjacent to an activating group) is 1. The van der Waals surface area contributed by atoms with Gasteiger partial charge in [0.15, 0.2) is 0 Å². The van der Waals surface area contributed by atoms with Crippen molar-refractivity contribution in [3.63, 3.8) is 0 Å². The van der Waals surface area contributed by atoms with Crippen LogP contribution < -0.4 is 5.32 Å². The normalized spacial score (nSPS) is 17.9. The quantitative estimate of drug-likeness (QED) is 0.763. The van der Waals surface area contributed by atoms with Gasteiger partial charge in [-0.15, -0.1) is 0 Å². The summed E-state index contributed by atoms with van der Waals surface area (Å²) in [6, 6.07) is -0.537. The van der Waals surface area contributed by atoms with Gasteiger partial charge in [0.25, 0.3) is 0 Å².